The third-order valence-electron chi connectivity index (χ3n) is 3.97. The van der Waals surface area contributed by atoms with Crippen LogP contribution < -0.4 is 11.1 Å². The SMILES string of the molecule is CCOC(=O)N1CCC(NC(N)=NCc2cc(C#N)ccc2F)CC1. The van der Waals surface area contributed by atoms with Crippen LogP contribution in [0.4, 0.5) is 9.18 Å². The van der Waals surface area contributed by atoms with Gasteiger partial charge in [-0.05, 0) is 38.0 Å². The van der Waals surface area contributed by atoms with E-state index in [1.165, 1.54) is 18.2 Å². The number of nitriles is 1. The zero-order chi connectivity index (χ0) is 18.2. The fourth-order valence-corrected chi connectivity index (χ4v) is 2.61. The number of carbonyl (C=O) groups is 1. The van der Waals surface area contributed by atoms with Crippen LogP contribution in [0.2, 0.25) is 0 Å². The van der Waals surface area contributed by atoms with Gasteiger partial charge < -0.3 is 20.7 Å². The van der Waals surface area contributed by atoms with Crippen molar-refractivity contribution in [3.05, 3.63) is 35.1 Å². The van der Waals surface area contributed by atoms with Crippen molar-refractivity contribution in [1.82, 2.24) is 10.2 Å². The van der Waals surface area contributed by atoms with Crippen LogP contribution in [0.15, 0.2) is 23.2 Å². The van der Waals surface area contributed by atoms with Crippen LogP contribution in [0.25, 0.3) is 0 Å². The van der Waals surface area contributed by atoms with Crippen molar-refractivity contribution >= 4 is 12.1 Å². The van der Waals surface area contributed by atoms with Gasteiger partial charge in [-0.1, -0.05) is 0 Å². The van der Waals surface area contributed by atoms with E-state index in [2.05, 4.69) is 10.3 Å². The Labute approximate surface area is 146 Å². The highest BCUT2D eigenvalue weighted by molar-refractivity contribution is 5.78. The van der Waals surface area contributed by atoms with Crippen molar-refractivity contribution in [1.29, 1.82) is 5.26 Å². The van der Waals surface area contributed by atoms with Crippen molar-refractivity contribution in [2.24, 2.45) is 10.7 Å². The van der Waals surface area contributed by atoms with Crippen LogP contribution >= 0.6 is 0 Å². The van der Waals surface area contributed by atoms with E-state index in [9.17, 15) is 9.18 Å². The van der Waals surface area contributed by atoms with Gasteiger partial charge in [0.1, 0.15) is 5.82 Å². The number of aliphatic imine (C=N–C) groups is 1. The first kappa shape index (κ1) is 18.5. The molecule has 2 rings (SSSR count). The first-order valence-corrected chi connectivity index (χ1v) is 8.20. The molecule has 25 heavy (non-hydrogen) atoms. The number of carbonyl (C=O) groups excluding carboxylic acids is 1. The molecule has 8 heteroatoms. The second kappa shape index (κ2) is 8.87. The van der Waals surface area contributed by atoms with Crippen molar-refractivity contribution < 1.29 is 13.9 Å². The zero-order valence-corrected chi connectivity index (χ0v) is 14.2. The molecule has 0 bridgehead atoms. The number of hydrogen-bond donors (Lipinski definition) is 2. The van der Waals surface area contributed by atoms with Gasteiger partial charge in [0, 0.05) is 24.7 Å². The van der Waals surface area contributed by atoms with Crippen molar-refractivity contribution in [2.45, 2.75) is 32.4 Å². The molecule has 1 heterocycles. The highest BCUT2D eigenvalue weighted by atomic mass is 19.1. The fourth-order valence-electron chi connectivity index (χ4n) is 2.61. The first-order valence-electron chi connectivity index (χ1n) is 8.20. The summed E-state index contributed by atoms with van der Waals surface area (Å²) in [5.41, 5.74) is 6.56. The average molecular weight is 347 g/mol. The normalized spacial score (nSPS) is 15.6. The third-order valence-corrected chi connectivity index (χ3v) is 3.97. The van der Waals surface area contributed by atoms with E-state index in [1.807, 2.05) is 6.07 Å². The molecule has 7 nitrogen and oxygen atoms in total. The minimum absolute atomic E-state index is 0.0574. The number of halogens is 1. The lowest BCUT2D eigenvalue weighted by Crippen LogP contribution is -2.48. The first-order chi connectivity index (χ1) is 12.0. The molecule has 1 amide bonds. The minimum atomic E-state index is -0.418. The number of nitrogens with one attached hydrogen (secondary N) is 1. The molecule has 1 saturated heterocycles. The summed E-state index contributed by atoms with van der Waals surface area (Å²) in [6.45, 7) is 3.37. The predicted molar refractivity (Wildman–Crippen MR) is 91.2 cm³/mol. The highest BCUT2D eigenvalue weighted by Gasteiger charge is 2.23. The Morgan fingerprint density at radius 1 is 1.52 bits per heavy atom. The van der Waals surface area contributed by atoms with E-state index < -0.39 is 5.82 Å². The van der Waals surface area contributed by atoms with Gasteiger partial charge in [0.05, 0.1) is 24.8 Å². The lowest BCUT2D eigenvalue weighted by atomic mass is 10.1. The van der Waals surface area contributed by atoms with Crippen molar-refractivity contribution in [3.63, 3.8) is 0 Å². The number of nitrogens with zero attached hydrogens (tertiary/aromatic N) is 3. The van der Waals surface area contributed by atoms with Gasteiger partial charge in [-0.2, -0.15) is 5.26 Å². The number of amides is 1. The second-order valence-electron chi connectivity index (χ2n) is 5.72. The molecule has 0 aliphatic carbocycles. The molecule has 0 saturated carbocycles. The summed E-state index contributed by atoms with van der Waals surface area (Å²) in [5, 5.41) is 11.9. The van der Waals surface area contributed by atoms with Crippen LogP contribution in [0.1, 0.15) is 30.9 Å². The Hall–Kier alpha value is -2.82. The van der Waals surface area contributed by atoms with Gasteiger partial charge >= 0.3 is 6.09 Å². The Morgan fingerprint density at radius 2 is 2.24 bits per heavy atom. The summed E-state index contributed by atoms with van der Waals surface area (Å²) in [4.78, 5) is 17.4. The molecular weight excluding hydrogens is 325 g/mol. The lowest BCUT2D eigenvalue weighted by Gasteiger charge is -2.31. The number of nitrogens with two attached hydrogens (primary N) is 1. The molecule has 0 spiro atoms. The third kappa shape index (κ3) is 5.35. The molecule has 1 fully saturated rings. The molecule has 0 unspecified atom stereocenters. The number of hydrogen-bond acceptors (Lipinski definition) is 4. The molecule has 1 aromatic rings. The standard InChI is InChI=1S/C17H22FN5O2/c1-2-25-17(24)23-7-5-14(6-8-23)22-16(20)21-11-13-9-12(10-19)3-4-15(13)18/h3-4,9,14H,2,5-8,11H2,1H3,(H3,20,21,22). The predicted octanol–water partition coefficient (Wildman–Crippen LogP) is 1.72. The topological polar surface area (TPSA) is 104 Å². The molecule has 0 aromatic heterocycles. The monoisotopic (exact) mass is 347 g/mol. The Morgan fingerprint density at radius 3 is 2.88 bits per heavy atom. The van der Waals surface area contributed by atoms with E-state index in [4.69, 9.17) is 15.7 Å². The van der Waals surface area contributed by atoms with Crippen LogP contribution in [0, 0.1) is 17.1 Å². The van der Waals surface area contributed by atoms with E-state index in [0.717, 1.165) is 12.8 Å². The molecule has 1 aliphatic heterocycles. The second-order valence-corrected chi connectivity index (χ2v) is 5.72. The molecular formula is C17H22FN5O2. The van der Waals surface area contributed by atoms with Gasteiger partial charge in [-0.3, -0.25) is 0 Å². The van der Waals surface area contributed by atoms with Crippen LogP contribution in [-0.2, 0) is 11.3 Å². The minimum Gasteiger partial charge on any atom is -0.450 e. The molecule has 3 N–H and O–H groups in total. The maximum atomic E-state index is 13.7. The number of ether oxygens (including phenoxy) is 1. The Bertz CT molecular complexity index is 678. The number of guanidine groups is 1. The summed E-state index contributed by atoms with van der Waals surface area (Å²) in [7, 11) is 0. The number of piperidine rings is 1. The van der Waals surface area contributed by atoms with Crippen LogP contribution in [-0.4, -0.2) is 42.7 Å². The maximum Gasteiger partial charge on any atom is 0.409 e. The Balaban J connectivity index is 1.84. The van der Waals surface area contributed by atoms with Crippen LogP contribution in [0.3, 0.4) is 0 Å². The van der Waals surface area contributed by atoms with Crippen LogP contribution in [0.5, 0.6) is 0 Å². The van der Waals surface area contributed by atoms with Gasteiger partial charge in [0.15, 0.2) is 5.96 Å². The molecule has 1 aromatic carbocycles. The molecule has 134 valence electrons. The van der Waals surface area contributed by atoms with Gasteiger partial charge in [0.25, 0.3) is 0 Å². The number of benzene rings is 1. The molecule has 0 atom stereocenters. The summed E-state index contributed by atoms with van der Waals surface area (Å²) < 4.78 is 18.7. The summed E-state index contributed by atoms with van der Waals surface area (Å²) in [6, 6.07) is 6.20. The van der Waals surface area contributed by atoms with Gasteiger partial charge in [-0.25, -0.2) is 14.2 Å². The molecule has 0 radical (unpaired) electrons. The largest absolute Gasteiger partial charge is 0.450 e. The average Bonchev–Trinajstić information content (AvgIpc) is 2.62. The summed E-state index contributed by atoms with van der Waals surface area (Å²) in [5.74, 6) is -0.199. The van der Waals surface area contributed by atoms with E-state index in [1.54, 1.807) is 11.8 Å². The van der Waals surface area contributed by atoms with Gasteiger partial charge in [-0.15, -0.1) is 0 Å². The zero-order valence-electron chi connectivity index (χ0n) is 14.2. The van der Waals surface area contributed by atoms with Crippen molar-refractivity contribution in [3.8, 4) is 6.07 Å². The van der Waals surface area contributed by atoms with E-state index in [-0.39, 0.29) is 24.6 Å². The number of rotatable bonds is 4. The Kier molecular flexibility index (Phi) is 6.57. The maximum absolute atomic E-state index is 13.7. The van der Waals surface area contributed by atoms with Gasteiger partial charge in [0.2, 0.25) is 0 Å². The fraction of sp³-hybridized carbons (Fsp3) is 0.471. The summed E-state index contributed by atoms with van der Waals surface area (Å²) in [6.07, 6.45) is 1.16. The van der Waals surface area contributed by atoms with E-state index >= 15 is 0 Å². The summed E-state index contributed by atoms with van der Waals surface area (Å²) >= 11 is 0. The smallest absolute Gasteiger partial charge is 0.409 e. The lowest BCUT2D eigenvalue weighted by molar-refractivity contribution is 0.0963. The van der Waals surface area contributed by atoms with E-state index in [0.29, 0.717) is 30.8 Å². The number of likely N-dealkylation sites (tertiary alicyclic amines) is 1. The quantitative estimate of drug-likeness (QED) is 0.637. The van der Waals surface area contributed by atoms with Crippen molar-refractivity contribution in [2.75, 3.05) is 19.7 Å². The highest BCUT2D eigenvalue weighted by Crippen LogP contribution is 2.13. The molecule has 1 aliphatic rings.